The van der Waals surface area contributed by atoms with Crippen molar-refractivity contribution in [1.82, 2.24) is 5.32 Å². The molecule has 0 bridgehead atoms. The van der Waals surface area contributed by atoms with E-state index in [1.807, 2.05) is 12.1 Å². The molecule has 2 aromatic rings. The van der Waals surface area contributed by atoms with Gasteiger partial charge in [-0.15, -0.1) is 11.3 Å². The first-order valence-corrected chi connectivity index (χ1v) is 6.68. The van der Waals surface area contributed by atoms with Crippen LogP contribution in [0.1, 0.15) is 29.8 Å². The molecule has 1 unspecified atom stereocenters. The van der Waals surface area contributed by atoms with Gasteiger partial charge in [-0.05, 0) is 35.6 Å². The molecule has 1 atom stereocenters. The van der Waals surface area contributed by atoms with Gasteiger partial charge in [-0.2, -0.15) is 0 Å². The zero-order chi connectivity index (χ0) is 12.1. The molecular formula is C14H16FNS. The highest BCUT2D eigenvalue weighted by molar-refractivity contribution is 7.09. The number of hydrogen-bond donors (Lipinski definition) is 1. The minimum atomic E-state index is -0.179. The molecule has 1 N–H and O–H groups in total. The third-order valence-corrected chi connectivity index (χ3v) is 3.66. The highest BCUT2D eigenvalue weighted by Crippen LogP contribution is 2.18. The van der Waals surface area contributed by atoms with Crippen molar-refractivity contribution in [2.45, 2.75) is 25.9 Å². The molecule has 1 aromatic carbocycles. The van der Waals surface area contributed by atoms with Crippen molar-refractivity contribution in [2.24, 2.45) is 0 Å². The molecule has 0 radical (unpaired) electrons. The number of hydrogen-bond acceptors (Lipinski definition) is 2. The number of benzene rings is 1. The van der Waals surface area contributed by atoms with E-state index in [2.05, 4.69) is 29.8 Å². The fraction of sp³-hybridized carbons (Fsp3) is 0.286. The lowest BCUT2D eigenvalue weighted by Gasteiger charge is -2.16. The van der Waals surface area contributed by atoms with Gasteiger partial charge in [0, 0.05) is 17.5 Å². The summed E-state index contributed by atoms with van der Waals surface area (Å²) in [6, 6.07) is 11.2. The second-order valence-electron chi connectivity index (χ2n) is 3.97. The quantitative estimate of drug-likeness (QED) is 0.840. The lowest BCUT2D eigenvalue weighted by Crippen LogP contribution is -2.19. The van der Waals surface area contributed by atoms with Gasteiger partial charge >= 0.3 is 0 Å². The maximum Gasteiger partial charge on any atom is 0.123 e. The van der Waals surface area contributed by atoms with Crippen molar-refractivity contribution in [3.05, 3.63) is 58.0 Å². The summed E-state index contributed by atoms with van der Waals surface area (Å²) in [5.41, 5.74) is 1.14. The average molecular weight is 249 g/mol. The van der Waals surface area contributed by atoms with Crippen LogP contribution in [-0.2, 0) is 6.54 Å². The smallest absolute Gasteiger partial charge is 0.123 e. The van der Waals surface area contributed by atoms with Crippen LogP contribution in [0.2, 0.25) is 0 Å². The monoisotopic (exact) mass is 249 g/mol. The van der Waals surface area contributed by atoms with Gasteiger partial charge in [0.05, 0.1) is 0 Å². The third kappa shape index (κ3) is 3.38. The summed E-state index contributed by atoms with van der Waals surface area (Å²) in [6.45, 7) is 3.00. The standard InChI is InChI=1S/C14H16FNS/c1-2-14(11-5-7-12(15)8-6-11)16-10-13-4-3-9-17-13/h3-9,14,16H,2,10H2,1H3. The van der Waals surface area contributed by atoms with Crippen LogP contribution in [0.25, 0.3) is 0 Å². The molecule has 17 heavy (non-hydrogen) atoms. The van der Waals surface area contributed by atoms with Crippen LogP contribution >= 0.6 is 11.3 Å². The Morgan fingerprint density at radius 1 is 1.24 bits per heavy atom. The Morgan fingerprint density at radius 2 is 2.00 bits per heavy atom. The van der Waals surface area contributed by atoms with Gasteiger partial charge in [-0.3, -0.25) is 0 Å². The van der Waals surface area contributed by atoms with Crippen LogP contribution in [0.3, 0.4) is 0 Å². The van der Waals surface area contributed by atoms with Gasteiger partial charge < -0.3 is 5.32 Å². The fourth-order valence-corrected chi connectivity index (χ4v) is 2.49. The lowest BCUT2D eigenvalue weighted by molar-refractivity contribution is 0.520. The second-order valence-corrected chi connectivity index (χ2v) is 5.00. The Bertz CT molecular complexity index is 436. The summed E-state index contributed by atoms with van der Waals surface area (Å²) in [6.07, 6.45) is 0.997. The van der Waals surface area contributed by atoms with E-state index in [1.54, 1.807) is 11.3 Å². The van der Waals surface area contributed by atoms with E-state index in [1.165, 1.54) is 17.0 Å². The van der Waals surface area contributed by atoms with Crippen LogP contribution < -0.4 is 5.32 Å². The number of thiophene rings is 1. The second kappa shape index (κ2) is 5.94. The van der Waals surface area contributed by atoms with Crippen LogP contribution in [0.4, 0.5) is 4.39 Å². The lowest BCUT2D eigenvalue weighted by atomic mass is 10.0. The summed E-state index contributed by atoms with van der Waals surface area (Å²) >= 11 is 1.75. The number of halogens is 1. The predicted molar refractivity (Wildman–Crippen MR) is 70.6 cm³/mol. The summed E-state index contributed by atoms with van der Waals surface area (Å²) in [4.78, 5) is 1.32. The van der Waals surface area contributed by atoms with Gasteiger partial charge in [-0.1, -0.05) is 25.1 Å². The van der Waals surface area contributed by atoms with Crippen molar-refractivity contribution in [2.75, 3.05) is 0 Å². The van der Waals surface area contributed by atoms with Crippen molar-refractivity contribution in [1.29, 1.82) is 0 Å². The zero-order valence-corrected chi connectivity index (χ0v) is 10.6. The van der Waals surface area contributed by atoms with Crippen molar-refractivity contribution >= 4 is 11.3 Å². The topological polar surface area (TPSA) is 12.0 Å². The average Bonchev–Trinajstić information content (AvgIpc) is 2.85. The molecule has 1 heterocycles. The molecule has 0 saturated heterocycles. The minimum absolute atomic E-state index is 0.179. The molecule has 90 valence electrons. The van der Waals surface area contributed by atoms with E-state index in [4.69, 9.17) is 0 Å². The van der Waals surface area contributed by atoms with E-state index in [0.29, 0.717) is 0 Å². The van der Waals surface area contributed by atoms with Gasteiger partial charge in [0.1, 0.15) is 5.82 Å². The first-order valence-electron chi connectivity index (χ1n) is 5.81. The fourth-order valence-electron chi connectivity index (χ4n) is 1.83. The van der Waals surface area contributed by atoms with E-state index in [9.17, 15) is 4.39 Å². The van der Waals surface area contributed by atoms with Crippen LogP contribution in [-0.4, -0.2) is 0 Å². The Labute approximate surface area is 105 Å². The van der Waals surface area contributed by atoms with Crippen LogP contribution in [0.5, 0.6) is 0 Å². The van der Waals surface area contributed by atoms with Crippen molar-refractivity contribution in [3.8, 4) is 0 Å². The molecule has 0 saturated carbocycles. The third-order valence-electron chi connectivity index (χ3n) is 2.78. The Balaban J connectivity index is 1.99. The minimum Gasteiger partial charge on any atom is -0.305 e. The number of nitrogens with one attached hydrogen (secondary N) is 1. The van der Waals surface area contributed by atoms with Crippen molar-refractivity contribution < 1.29 is 4.39 Å². The molecule has 1 aromatic heterocycles. The summed E-state index contributed by atoms with van der Waals surface area (Å²) < 4.78 is 12.8. The van der Waals surface area contributed by atoms with Crippen molar-refractivity contribution in [3.63, 3.8) is 0 Å². The molecule has 3 heteroatoms. The van der Waals surface area contributed by atoms with Gasteiger partial charge in [0.2, 0.25) is 0 Å². The summed E-state index contributed by atoms with van der Waals surface area (Å²) in [7, 11) is 0. The molecule has 0 fully saturated rings. The first-order chi connectivity index (χ1) is 8.29. The van der Waals surface area contributed by atoms with E-state index in [0.717, 1.165) is 18.5 Å². The summed E-state index contributed by atoms with van der Waals surface area (Å²) in [5.74, 6) is -0.179. The normalized spacial score (nSPS) is 12.6. The number of rotatable bonds is 5. The van der Waals surface area contributed by atoms with Crippen LogP contribution in [0.15, 0.2) is 41.8 Å². The maximum absolute atomic E-state index is 12.8. The van der Waals surface area contributed by atoms with E-state index < -0.39 is 0 Å². The molecule has 1 nitrogen and oxygen atoms in total. The van der Waals surface area contributed by atoms with Gasteiger partial charge in [-0.25, -0.2) is 4.39 Å². The highest BCUT2D eigenvalue weighted by atomic mass is 32.1. The molecule has 2 rings (SSSR count). The van der Waals surface area contributed by atoms with E-state index >= 15 is 0 Å². The molecule has 0 aliphatic heterocycles. The first kappa shape index (κ1) is 12.3. The SMILES string of the molecule is CCC(NCc1cccs1)c1ccc(F)cc1. The molecule has 0 aliphatic carbocycles. The Morgan fingerprint density at radius 3 is 2.59 bits per heavy atom. The maximum atomic E-state index is 12.8. The summed E-state index contributed by atoms with van der Waals surface area (Å²) in [5, 5.41) is 5.57. The highest BCUT2D eigenvalue weighted by Gasteiger charge is 2.08. The molecule has 0 amide bonds. The molecular weight excluding hydrogens is 233 g/mol. The van der Waals surface area contributed by atoms with E-state index in [-0.39, 0.29) is 11.9 Å². The van der Waals surface area contributed by atoms with Gasteiger partial charge in [0.25, 0.3) is 0 Å². The molecule has 0 spiro atoms. The van der Waals surface area contributed by atoms with Gasteiger partial charge in [0.15, 0.2) is 0 Å². The zero-order valence-electron chi connectivity index (χ0n) is 9.82. The molecule has 0 aliphatic rings. The Kier molecular flexibility index (Phi) is 4.29. The largest absolute Gasteiger partial charge is 0.305 e. The van der Waals surface area contributed by atoms with Crippen LogP contribution in [0, 0.1) is 5.82 Å². The Hall–Kier alpha value is -1.19. The predicted octanol–water partition coefficient (Wildman–Crippen LogP) is 4.13.